The number of fused-ring (bicyclic) bond motifs is 3. The predicted molar refractivity (Wildman–Crippen MR) is 80.0 cm³/mol. The summed E-state index contributed by atoms with van der Waals surface area (Å²) in [6, 6.07) is 13.1. The molecule has 0 aliphatic carbocycles. The van der Waals surface area contributed by atoms with E-state index < -0.39 is 0 Å². The highest BCUT2D eigenvalue weighted by Crippen LogP contribution is 2.32. The fourth-order valence-electron chi connectivity index (χ4n) is 3.90. The van der Waals surface area contributed by atoms with Gasteiger partial charge in [-0.15, -0.1) is 0 Å². The first-order valence-electron chi connectivity index (χ1n) is 7.73. The fourth-order valence-corrected chi connectivity index (χ4v) is 3.90. The lowest BCUT2D eigenvalue weighted by Gasteiger charge is -2.29. The average molecular weight is 268 g/mol. The topological polar surface area (TPSA) is 7.76 Å². The van der Waals surface area contributed by atoms with Gasteiger partial charge in [0.25, 0.3) is 11.4 Å². The van der Waals surface area contributed by atoms with Crippen LogP contribution in [0.2, 0.25) is 0 Å². The summed E-state index contributed by atoms with van der Waals surface area (Å²) in [4.78, 5) is 0. The van der Waals surface area contributed by atoms with E-state index in [-0.39, 0.29) is 5.54 Å². The van der Waals surface area contributed by atoms with Gasteiger partial charge in [0.15, 0.2) is 24.5 Å². The maximum Gasteiger partial charge on any atom is 0.277 e. The summed E-state index contributed by atoms with van der Waals surface area (Å²) in [5, 5.41) is 0. The number of rotatable bonds is 2. The molecule has 1 atom stereocenters. The summed E-state index contributed by atoms with van der Waals surface area (Å²) in [6.07, 6.45) is 6.81. The summed E-state index contributed by atoms with van der Waals surface area (Å²) < 4.78 is 4.93. The Morgan fingerprint density at radius 3 is 2.35 bits per heavy atom. The average Bonchev–Trinajstić information content (AvgIpc) is 2.60. The molecule has 0 spiro atoms. The molecule has 2 aromatic heterocycles. The van der Waals surface area contributed by atoms with Gasteiger partial charge in [0.05, 0.1) is 5.92 Å². The minimum absolute atomic E-state index is 0.211. The van der Waals surface area contributed by atoms with E-state index >= 15 is 0 Å². The van der Waals surface area contributed by atoms with Crippen LogP contribution in [0.25, 0.3) is 11.4 Å². The van der Waals surface area contributed by atoms with E-state index in [1.165, 1.54) is 24.2 Å². The van der Waals surface area contributed by atoms with Crippen LogP contribution >= 0.6 is 0 Å². The van der Waals surface area contributed by atoms with Gasteiger partial charge in [0, 0.05) is 37.1 Å². The van der Waals surface area contributed by atoms with Crippen LogP contribution in [0, 0.1) is 5.92 Å². The first-order valence-corrected chi connectivity index (χ1v) is 7.73. The lowest BCUT2D eigenvalue weighted by molar-refractivity contribution is -0.766. The van der Waals surface area contributed by atoms with Gasteiger partial charge in [0.1, 0.15) is 0 Å². The highest BCUT2D eigenvalue weighted by atomic mass is 15.1. The second-order valence-electron chi connectivity index (χ2n) is 5.91. The zero-order chi connectivity index (χ0) is 14.2. The third kappa shape index (κ3) is 1.78. The maximum atomic E-state index is 2.52. The van der Waals surface area contributed by atoms with Crippen LogP contribution in [0.3, 0.4) is 0 Å². The number of hydrogen-bond acceptors (Lipinski definition) is 0. The van der Waals surface area contributed by atoms with Crippen LogP contribution in [-0.4, -0.2) is 0 Å². The lowest BCUT2D eigenvalue weighted by Crippen LogP contribution is -2.60. The molecule has 0 saturated heterocycles. The summed E-state index contributed by atoms with van der Waals surface area (Å²) in [7, 11) is 0. The summed E-state index contributed by atoms with van der Waals surface area (Å²) in [5.41, 5.74) is 2.87. The number of pyridine rings is 2. The molecule has 104 valence electrons. The molecule has 3 heterocycles. The molecule has 0 N–H and O–H groups in total. The Labute approximate surface area is 121 Å². The molecule has 20 heavy (non-hydrogen) atoms. The molecule has 1 aliphatic rings. The SMILES string of the molecule is CCC1(CC)C(C)C[n+]2ccccc2-c2cccc[n+]21. The Kier molecular flexibility index (Phi) is 3.33. The van der Waals surface area contributed by atoms with Crippen LogP contribution in [0.5, 0.6) is 0 Å². The molecule has 3 rings (SSSR count). The van der Waals surface area contributed by atoms with Crippen molar-refractivity contribution in [2.45, 2.75) is 45.7 Å². The van der Waals surface area contributed by atoms with E-state index in [4.69, 9.17) is 0 Å². The minimum Gasteiger partial charge on any atom is -0.193 e. The van der Waals surface area contributed by atoms with Crippen molar-refractivity contribution in [3.05, 3.63) is 48.8 Å². The summed E-state index contributed by atoms with van der Waals surface area (Å²) in [5.74, 6) is 0.609. The second-order valence-corrected chi connectivity index (χ2v) is 5.91. The maximum absolute atomic E-state index is 2.52. The van der Waals surface area contributed by atoms with Gasteiger partial charge < -0.3 is 0 Å². The molecule has 1 aliphatic heterocycles. The Balaban J connectivity index is 2.32. The standard InChI is InChI=1S/C18H24N2/c1-4-18(5-2)15(3)14-19-12-8-6-10-16(19)17-11-7-9-13-20(17)18/h6-13,15H,4-5,14H2,1-3H3/q+2. The smallest absolute Gasteiger partial charge is 0.193 e. The molecule has 2 aromatic rings. The van der Waals surface area contributed by atoms with Crippen molar-refractivity contribution in [2.24, 2.45) is 5.92 Å². The number of aromatic nitrogens is 2. The van der Waals surface area contributed by atoms with Gasteiger partial charge in [-0.05, 0) is 19.1 Å². The molecule has 0 radical (unpaired) electrons. The molecular weight excluding hydrogens is 244 g/mol. The van der Waals surface area contributed by atoms with E-state index in [9.17, 15) is 0 Å². The van der Waals surface area contributed by atoms with E-state index in [2.05, 4.69) is 78.7 Å². The van der Waals surface area contributed by atoms with Crippen molar-refractivity contribution in [3.8, 4) is 11.4 Å². The Morgan fingerprint density at radius 1 is 1.00 bits per heavy atom. The summed E-state index contributed by atoms with van der Waals surface area (Å²) in [6.45, 7) is 8.13. The monoisotopic (exact) mass is 268 g/mol. The van der Waals surface area contributed by atoms with Crippen LogP contribution < -0.4 is 9.13 Å². The van der Waals surface area contributed by atoms with Gasteiger partial charge in [-0.3, -0.25) is 0 Å². The quantitative estimate of drug-likeness (QED) is 0.740. The second kappa shape index (κ2) is 5.01. The van der Waals surface area contributed by atoms with Crippen LogP contribution in [0.1, 0.15) is 33.6 Å². The first-order chi connectivity index (χ1) is 9.73. The zero-order valence-electron chi connectivity index (χ0n) is 12.7. The summed E-state index contributed by atoms with van der Waals surface area (Å²) >= 11 is 0. The van der Waals surface area contributed by atoms with Gasteiger partial charge in [-0.1, -0.05) is 13.8 Å². The van der Waals surface area contributed by atoms with E-state index in [0.29, 0.717) is 5.92 Å². The van der Waals surface area contributed by atoms with E-state index in [1.807, 2.05) is 0 Å². The van der Waals surface area contributed by atoms with Crippen molar-refractivity contribution < 1.29 is 9.13 Å². The van der Waals surface area contributed by atoms with E-state index in [0.717, 1.165) is 6.54 Å². The van der Waals surface area contributed by atoms with Gasteiger partial charge in [0.2, 0.25) is 0 Å². The highest BCUT2D eigenvalue weighted by Gasteiger charge is 2.49. The molecule has 0 aromatic carbocycles. The Bertz CT molecular complexity index is 614. The van der Waals surface area contributed by atoms with Crippen LogP contribution in [-0.2, 0) is 12.1 Å². The van der Waals surface area contributed by atoms with Crippen molar-refractivity contribution in [3.63, 3.8) is 0 Å². The molecule has 2 heteroatoms. The van der Waals surface area contributed by atoms with Crippen molar-refractivity contribution in [1.29, 1.82) is 0 Å². The van der Waals surface area contributed by atoms with Gasteiger partial charge in [-0.25, -0.2) is 0 Å². The molecule has 2 nitrogen and oxygen atoms in total. The Morgan fingerprint density at radius 2 is 1.65 bits per heavy atom. The van der Waals surface area contributed by atoms with Gasteiger partial charge >= 0.3 is 0 Å². The molecule has 0 fully saturated rings. The van der Waals surface area contributed by atoms with Crippen LogP contribution in [0.4, 0.5) is 0 Å². The predicted octanol–water partition coefficient (Wildman–Crippen LogP) is 3.09. The fraction of sp³-hybridized carbons (Fsp3) is 0.444. The Hall–Kier alpha value is -1.70. The normalized spacial score (nSPS) is 19.9. The number of nitrogens with zero attached hydrogens (tertiary/aromatic N) is 2. The van der Waals surface area contributed by atoms with Crippen molar-refractivity contribution >= 4 is 0 Å². The van der Waals surface area contributed by atoms with Crippen molar-refractivity contribution in [1.82, 2.24) is 0 Å². The third-order valence-electron chi connectivity index (χ3n) is 5.16. The lowest BCUT2D eigenvalue weighted by atomic mass is 9.79. The molecule has 0 bridgehead atoms. The van der Waals surface area contributed by atoms with E-state index in [1.54, 1.807) is 0 Å². The zero-order valence-corrected chi connectivity index (χ0v) is 12.7. The van der Waals surface area contributed by atoms with Gasteiger partial charge in [-0.2, -0.15) is 9.13 Å². The first kappa shape index (κ1) is 13.3. The molecular formula is C18H24N2+2. The molecule has 0 saturated carbocycles. The number of hydrogen-bond donors (Lipinski definition) is 0. The van der Waals surface area contributed by atoms with Crippen LogP contribution in [0.15, 0.2) is 48.8 Å². The molecule has 0 amide bonds. The molecule has 1 unspecified atom stereocenters. The highest BCUT2D eigenvalue weighted by molar-refractivity contribution is 5.46. The van der Waals surface area contributed by atoms with Crippen molar-refractivity contribution in [2.75, 3.05) is 0 Å². The largest absolute Gasteiger partial charge is 0.277 e. The third-order valence-corrected chi connectivity index (χ3v) is 5.16. The minimum atomic E-state index is 0.211.